The largest absolute Gasteiger partial charge is 0.377 e. The summed E-state index contributed by atoms with van der Waals surface area (Å²) in [6.07, 6.45) is 1.15. The van der Waals surface area contributed by atoms with Gasteiger partial charge in [0, 0.05) is 18.7 Å². The van der Waals surface area contributed by atoms with Crippen LogP contribution in [0, 0.1) is 0 Å². The molecule has 1 atom stereocenters. The minimum Gasteiger partial charge on any atom is -0.377 e. The van der Waals surface area contributed by atoms with Crippen LogP contribution in [0.15, 0.2) is 24.3 Å². The number of halogens is 1. The lowest BCUT2D eigenvalue weighted by molar-refractivity contribution is 0.0885. The van der Waals surface area contributed by atoms with Crippen molar-refractivity contribution in [3.8, 4) is 0 Å². The predicted molar refractivity (Wildman–Crippen MR) is 64.4 cm³/mol. The van der Waals surface area contributed by atoms with E-state index in [1.54, 1.807) is 7.11 Å². The van der Waals surface area contributed by atoms with Gasteiger partial charge in [-0.3, -0.25) is 0 Å². The molecule has 2 nitrogen and oxygen atoms in total. The van der Waals surface area contributed by atoms with Gasteiger partial charge in [0.15, 0.2) is 0 Å². The van der Waals surface area contributed by atoms with E-state index in [4.69, 9.17) is 16.3 Å². The Bertz CT molecular complexity index is 284. The van der Waals surface area contributed by atoms with Gasteiger partial charge in [-0.05, 0) is 38.2 Å². The molecule has 1 aromatic rings. The second-order valence-electron chi connectivity index (χ2n) is 3.87. The molecule has 15 heavy (non-hydrogen) atoms. The molecule has 84 valence electrons. The van der Waals surface area contributed by atoms with Crippen LogP contribution in [0.1, 0.15) is 18.1 Å². The fourth-order valence-corrected chi connectivity index (χ4v) is 1.60. The van der Waals surface area contributed by atoms with Crippen molar-refractivity contribution in [2.24, 2.45) is 0 Å². The summed E-state index contributed by atoms with van der Waals surface area (Å²) in [6, 6.07) is 7.84. The second-order valence-corrected chi connectivity index (χ2v) is 4.30. The Labute approximate surface area is 96.8 Å². The molecule has 0 bridgehead atoms. The summed E-state index contributed by atoms with van der Waals surface area (Å²) >= 11 is 5.84. The Kier molecular flexibility index (Phi) is 5.09. The van der Waals surface area contributed by atoms with Crippen LogP contribution < -0.4 is 0 Å². The van der Waals surface area contributed by atoms with Gasteiger partial charge in [0.25, 0.3) is 0 Å². The highest BCUT2D eigenvalue weighted by Gasteiger charge is 2.10. The van der Waals surface area contributed by atoms with Crippen molar-refractivity contribution in [1.29, 1.82) is 0 Å². The highest BCUT2D eigenvalue weighted by Crippen LogP contribution is 2.22. The van der Waals surface area contributed by atoms with Crippen LogP contribution in [0.3, 0.4) is 0 Å². The van der Waals surface area contributed by atoms with Gasteiger partial charge in [-0.25, -0.2) is 0 Å². The first kappa shape index (κ1) is 12.5. The average Bonchev–Trinajstić information content (AvgIpc) is 2.21. The van der Waals surface area contributed by atoms with Crippen LogP contribution in [0.2, 0.25) is 5.02 Å². The molecule has 0 aliphatic heterocycles. The number of ether oxygens (including phenoxy) is 1. The Morgan fingerprint density at radius 3 is 2.33 bits per heavy atom. The molecule has 1 rings (SSSR count). The van der Waals surface area contributed by atoms with Gasteiger partial charge in [0.2, 0.25) is 0 Å². The van der Waals surface area contributed by atoms with Crippen LogP contribution in [0.25, 0.3) is 0 Å². The van der Waals surface area contributed by atoms with Gasteiger partial charge in [0.05, 0.1) is 6.10 Å². The molecule has 0 spiro atoms. The zero-order chi connectivity index (χ0) is 11.3. The molecule has 1 aromatic carbocycles. The van der Waals surface area contributed by atoms with Crippen molar-refractivity contribution < 1.29 is 4.74 Å². The molecule has 1 unspecified atom stereocenters. The van der Waals surface area contributed by atoms with Gasteiger partial charge in [0.1, 0.15) is 0 Å². The Hall–Kier alpha value is -0.570. The molecule has 0 heterocycles. The van der Waals surface area contributed by atoms with Gasteiger partial charge in [-0.1, -0.05) is 23.7 Å². The van der Waals surface area contributed by atoms with E-state index < -0.39 is 0 Å². The van der Waals surface area contributed by atoms with Crippen molar-refractivity contribution in [3.63, 3.8) is 0 Å². The molecule has 0 aromatic heterocycles. The van der Waals surface area contributed by atoms with E-state index in [2.05, 4.69) is 19.0 Å². The molecular formula is C12H18ClNO. The second kappa shape index (κ2) is 6.11. The molecule has 0 saturated carbocycles. The topological polar surface area (TPSA) is 12.5 Å². The normalized spacial score (nSPS) is 13.1. The van der Waals surface area contributed by atoms with E-state index in [9.17, 15) is 0 Å². The third-order valence-corrected chi connectivity index (χ3v) is 2.62. The molecule has 3 heteroatoms. The molecule has 0 saturated heterocycles. The number of rotatable bonds is 5. The summed E-state index contributed by atoms with van der Waals surface area (Å²) < 4.78 is 5.46. The lowest BCUT2D eigenvalue weighted by Gasteiger charge is -2.18. The van der Waals surface area contributed by atoms with Crippen LogP contribution in [-0.4, -0.2) is 32.6 Å². The molecule has 0 N–H and O–H groups in total. The summed E-state index contributed by atoms with van der Waals surface area (Å²) in [7, 11) is 5.87. The van der Waals surface area contributed by atoms with E-state index >= 15 is 0 Å². The monoisotopic (exact) mass is 227 g/mol. The fourth-order valence-electron chi connectivity index (χ4n) is 1.47. The summed E-state index contributed by atoms with van der Waals surface area (Å²) in [6.45, 7) is 1.02. The minimum absolute atomic E-state index is 0.157. The molecule has 0 fully saturated rings. The molecule has 0 aliphatic carbocycles. The maximum Gasteiger partial charge on any atom is 0.0833 e. The van der Waals surface area contributed by atoms with E-state index in [0.29, 0.717) is 0 Å². The molecular weight excluding hydrogens is 210 g/mol. The zero-order valence-corrected chi connectivity index (χ0v) is 10.3. The third-order valence-electron chi connectivity index (χ3n) is 2.36. The highest BCUT2D eigenvalue weighted by molar-refractivity contribution is 6.30. The SMILES string of the molecule is COC(CCN(C)C)c1ccc(Cl)cc1. The van der Waals surface area contributed by atoms with E-state index in [0.717, 1.165) is 18.0 Å². The van der Waals surface area contributed by atoms with Crippen molar-refractivity contribution in [1.82, 2.24) is 4.90 Å². The standard InChI is InChI=1S/C12H18ClNO/c1-14(2)9-8-12(15-3)10-4-6-11(13)7-5-10/h4-7,12H,8-9H2,1-3H3. The zero-order valence-electron chi connectivity index (χ0n) is 9.53. The summed E-state index contributed by atoms with van der Waals surface area (Å²) in [4.78, 5) is 2.15. The number of methoxy groups -OCH3 is 1. The number of nitrogens with zero attached hydrogens (tertiary/aromatic N) is 1. The smallest absolute Gasteiger partial charge is 0.0833 e. The third kappa shape index (κ3) is 4.20. The van der Waals surface area contributed by atoms with Gasteiger partial charge >= 0.3 is 0 Å². The van der Waals surface area contributed by atoms with Crippen molar-refractivity contribution in [2.75, 3.05) is 27.7 Å². The van der Waals surface area contributed by atoms with Gasteiger partial charge in [-0.2, -0.15) is 0 Å². The molecule has 0 amide bonds. The first-order valence-electron chi connectivity index (χ1n) is 5.06. The lowest BCUT2D eigenvalue weighted by Crippen LogP contribution is -2.16. The molecule has 0 aliphatic rings. The van der Waals surface area contributed by atoms with E-state index in [1.807, 2.05) is 24.3 Å². The quantitative estimate of drug-likeness (QED) is 0.767. The molecule has 0 radical (unpaired) electrons. The van der Waals surface area contributed by atoms with Crippen LogP contribution in [0.4, 0.5) is 0 Å². The highest BCUT2D eigenvalue weighted by atomic mass is 35.5. The summed E-state index contributed by atoms with van der Waals surface area (Å²) in [5.41, 5.74) is 1.18. The average molecular weight is 228 g/mol. The van der Waals surface area contributed by atoms with Gasteiger partial charge < -0.3 is 9.64 Å². The van der Waals surface area contributed by atoms with Crippen molar-refractivity contribution in [3.05, 3.63) is 34.9 Å². The van der Waals surface area contributed by atoms with Crippen molar-refractivity contribution in [2.45, 2.75) is 12.5 Å². The lowest BCUT2D eigenvalue weighted by atomic mass is 10.1. The predicted octanol–water partition coefficient (Wildman–Crippen LogP) is 2.98. The minimum atomic E-state index is 0.157. The maximum absolute atomic E-state index is 5.84. The first-order valence-corrected chi connectivity index (χ1v) is 5.44. The summed E-state index contributed by atoms with van der Waals surface area (Å²) in [5, 5.41) is 0.765. The number of hydrogen-bond acceptors (Lipinski definition) is 2. The number of benzene rings is 1. The van der Waals surface area contributed by atoms with E-state index in [-0.39, 0.29) is 6.10 Å². The van der Waals surface area contributed by atoms with Crippen molar-refractivity contribution >= 4 is 11.6 Å². The van der Waals surface area contributed by atoms with E-state index in [1.165, 1.54) is 5.56 Å². The Morgan fingerprint density at radius 2 is 1.87 bits per heavy atom. The summed E-state index contributed by atoms with van der Waals surface area (Å²) in [5.74, 6) is 0. The Balaban J connectivity index is 2.61. The maximum atomic E-state index is 5.84. The van der Waals surface area contributed by atoms with Crippen LogP contribution in [-0.2, 0) is 4.74 Å². The van der Waals surface area contributed by atoms with Crippen LogP contribution in [0.5, 0.6) is 0 Å². The Morgan fingerprint density at radius 1 is 1.27 bits per heavy atom. The van der Waals surface area contributed by atoms with Crippen LogP contribution >= 0.6 is 11.6 Å². The van der Waals surface area contributed by atoms with Gasteiger partial charge in [-0.15, -0.1) is 0 Å². The fraction of sp³-hybridized carbons (Fsp3) is 0.500. The number of hydrogen-bond donors (Lipinski definition) is 0. The first-order chi connectivity index (χ1) is 7.13.